The lowest BCUT2D eigenvalue weighted by Gasteiger charge is -2.04. The van der Waals surface area contributed by atoms with Gasteiger partial charge in [0.15, 0.2) is 0 Å². The zero-order chi connectivity index (χ0) is 16.7. The summed E-state index contributed by atoms with van der Waals surface area (Å²) in [5.74, 6) is 0.425. The number of H-pyrrole nitrogens is 1. The van der Waals surface area contributed by atoms with Gasteiger partial charge in [0.05, 0.1) is 6.61 Å². The van der Waals surface area contributed by atoms with Crippen LogP contribution in [-0.2, 0) is 4.79 Å². The van der Waals surface area contributed by atoms with Crippen molar-refractivity contribution in [3.05, 3.63) is 63.0 Å². The lowest BCUT2D eigenvalue weighted by molar-refractivity contribution is -0.111. The maximum Gasteiger partial charge on any atom is 0.271 e. The minimum Gasteiger partial charge on any atom is -0.494 e. The Labute approximate surface area is 142 Å². The second-order valence-corrected chi connectivity index (χ2v) is 5.72. The summed E-state index contributed by atoms with van der Waals surface area (Å²) in [5, 5.41) is 2.54. The molecule has 0 aliphatic rings. The van der Waals surface area contributed by atoms with Crippen LogP contribution < -0.4 is 15.6 Å². The van der Waals surface area contributed by atoms with Crippen LogP contribution in [-0.4, -0.2) is 17.5 Å². The summed E-state index contributed by atoms with van der Waals surface area (Å²) in [6, 6.07) is 8.98. The zero-order valence-corrected chi connectivity index (χ0v) is 14.2. The van der Waals surface area contributed by atoms with Crippen LogP contribution in [0, 0.1) is 0 Å². The summed E-state index contributed by atoms with van der Waals surface area (Å²) in [6.45, 7) is 2.73. The third-order valence-corrected chi connectivity index (χ3v) is 3.36. The minimum atomic E-state index is -0.375. The summed E-state index contributed by atoms with van der Waals surface area (Å²) >= 11 is 3.24. The first-order valence-electron chi connectivity index (χ1n) is 7.18. The van der Waals surface area contributed by atoms with Gasteiger partial charge in [0, 0.05) is 16.7 Å². The minimum absolute atomic E-state index is 0.192. The topological polar surface area (TPSA) is 71.2 Å². The highest BCUT2D eigenvalue weighted by Crippen LogP contribution is 2.14. The van der Waals surface area contributed by atoms with Gasteiger partial charge < -0.3 is 15.0 Å². The zero-order valence-electron chi connectivity index (χ0n) is 12.6. The van der Waals surface area contributed by atoms with E-state index in [0.717, 1.165) is 17.7 Å². The fourth-order valence-electron chi connectivity index (χ4n) is 1.79. The molecule has 0 spiro atoms. The van der Waals surface area contributed by atoms with Crippen LogP contribution in [0.3, 0.4) is 0 Å². The number of anilines is 1. The van der Waals surface area contributed by atoms with E-state index in [4.69, 9.17) is 4.74 Å². The molecular weight excluding hydrogens is 360 g/mol. The number of halogens is 1. The molecule has 1 aromatic heterocycles. The molecule has 5 nitrogen and oxygen atoms in total. The number of benzene rings is 1. The van der Waals surface area contributed by atoms with Crippen LogP contribution in [0.2, 0.25) is 0 Å². The van der Waals surface area contributed by atoms with Crippen molar-refractivity contribution in [2.24, 2.45) is 0 Å². The van der Waals surface area contributed by atoms with Crippen molar-refractivity contribution < 1.29 is 9.53 Å². The molecule has 1 aromatic carbocycles. The molecular formula is C17H17BrN2O3. The molecule has 0 unspecified atom stereocenters. The van der Waals surface area contributed by atoms with E-state index >= 15 is 0 Å². The highest BCUT2D eigenvalue weighted by molar-refractivity contribution is 9.10. The smallest absolute Gasteiger partial charge is 0.271 e. The van der Waals surface area contributed by atoms with Gasteiger partial charge in [0.1, 0.15) is 11.4 Å². The van der Waals surface area contributed by atoms with Crippen molar-refractivity contribution in [3.8, 4) is 5.75 Å². The van der Waals surface area contributed by atoms with Crippen molar-refractivity contribution >= 4 is 33.6 Å². The van der Waals surface area contributed by atoms with E-state index in [1.165, 1.54) is 12.3 Å². The number of hydrogen-bond donors (Lipinski definition) is 2. The van der Waals surface area contributed by atoms with Crippen LogP contribution in [0.4, 0.5) is 5.69 Å². The molecule has 120 valence electrons. The Kier molecular flexibility index (Phi) is 6.17. The number of carbonyl (C=O) groups excluding carboxylic acids is 1. The number of pyridine rings is 1. The Morgan fingerprint density at radius 3 is 2.78 bits per heavy atom. The number of aromatic amines is 1. The van der Waals surface area contributed by atoms with Crippen LogP contribution in [0.5, 0.6) is 5.75 Å². The maximum absolute atomic E-state index is 11.9. The third kappa shape index (κ3) is 5.41. The van der Waals surface area contributed by atoms with Crippen LogP contribution in [0.1, 0.15) is 18.9 Å². The average Bonchev–Trinajstić information content (AvgIpc) is 2.55. The molecule has 2 rings (SSSR count). The van der Waals surface area contributed by atoms with E-state index in [1.54, 1.807) is 12.1 Å². The number of ether oxygens (including phenoxy) is 1. The molecule has 0 aliphatic heterocycles. The molecule has 1 heterocycles. The summed E-state index contributed by atoms with van der Waals surface area (Å²) in [7, 11) is 0. The molecule has 0 radical (unpaired) electrons. The van der Waals surface area contributed by atoms with Gasteiger partial charge in [-0.1, -0.05) is 19.1 Å². The molecule has 0 atom stereocenters. The lowest BCUT2D eigenvalue weighted by Crippen LogP contribution is -2.17. The number of amides is 1. The number of rotatable bonds is 6. The van der Waals surface area contributed by atoms with E-state index in [-0.39, 0.29) is 17.2 Å². The normalized spacial score (nSPS) is 10.7. The maximum atomic E-state index is 11.9. The van der Waals surface area contributed by atoms with Gasteiger partial charge in [-0.2, -0.15) is 0 Å². The monoisotopic (exact) mass is 376 g/mol. The van der Waals surface area contributed by atoms with Crippen LogP contribution in [0.15, 0.2) is 51.9 Å². The number of nitrogens with one attached hydrogen (secondary N) is 2. The van der Waals surface area contributed by atoms with E-state index < -0.39 is 0 Å². The first-order chi connectivity index (χ1) is 11.1. The van der Waals surface area contributed by atoms with Gasteiger partial charge >= 0.3 is 0 Å². The lowest BCUT2D eigenvalue weighted by atomic mass is 10.2. The average molecular weight is 377 g/mol. The van der Waals surface area contributed by atoms with Crippen molar-refractivity contribution in [1.29, 1.82) is 0 Å². The van der Waals surface area contributed by atoms with Crippen molar-refractivity contribution in [2.75, 3.05) is 11.9 Å². The van der Waals surface area contributed by atoms with E-state index in [9.17, 15) is 9.59 Å². The Morgan fingerprint density at radius 2 is 2.09 bits per heavy atom. The second-order valence-electron chi connectivity index (χ2n) is 4.80. The molecule has 0 saturated carbocycles. The van der Waals surface area contributed by atoms with Gasteiger partial charge in [-0.25, -0.2) is 0 Å². The number of aromatic nitrogens is 1. The predicted molar refractivity (Wildman–Crippen MR) is 94.7 cm³/mol. The van der Waals surface area contributed by atoms with Gasteiger partial charge in [-0.15, -0.1) is 0 Å². The Balaban J connectivity index is 1.98. The Morgan fingerprint density at radius 1 is 1.35 bits per heavy atom. The van der Waals surface area contributed by atoms with Crippen molar-refractivity contribution in [3.63, 3.8) is 0 Å². The first kappa shape index (κ1) is 17.0. The van der Waals surface area contributed by atoms with Crippen molar-refractivity contribution in [1.82, 2.24) is 4.98 Å². The largest absolute Gasteiger partial charge is 0.494 e. The molecule has 0 saturated heterocycles. The van der Waals surface area contributed by atoms with E-state index in [0.29, 0.717) is 11.1 Å². The molecule has 0 fully saturated rings. The quantitative estimate of drug-likeness (QED) is 0.756. The van der Waals surface area contributed by atoms with Gasteiger partial charge in [0.25, 0.3) is 5.56 Å². The third-order valence-electron chi connectivity index (χ3n) is 2.91. The highest BCUT2D eigenvalue weighted by atomic mass is 79.9. The molecule has 23 heavy (non-hydrogen) atoms. The second kappa shape index (κ2) is 8.33. The molecule has 2 N–H and O–H groups in total. The van der Waals surface area contributed by atoms with Gasteiger partial charge in [-0.3, -0.25) is 9.59 Å². The standard InChI is InChI=1S/C17H17BrN2O3/c1-2-9-23-14-6-3-12(4-7-14)5-8-16(21)20-15-10-13(18)11-19-17(15)22/h3-8,10-11H,2,9H2,1H3,(H,19,22)(H,20,21)/b8-5+. The summed E-state index contributed by atoms with van der Waals surface area (Å²) in [4.78, 5) is 26.0. The van der Waals surface area contributed by atoms with E-state index in [1.807, 2.05) is 31.2 Å². The first-order valence-corrected chi connectivity index (χ1v) is 7.98. The van der Waals surface area contributed by atoms with Crippen molar-refractivity contribution in [2.45, 2.75) is 13.3 Å². The Bertz CT molecular complexity index is 751. The Hall–Kier alpha value is -2.34. The summed E-state index contributed by atoms with van der Waals surface area (Å²) in [6.07, 6.45) is 5.51. The van der Waals surface area contributed by atoms with Gasteiger partial charge in [-0.05, 0) is 52.2 Å². The summed E-state index contributed by atoms with van der Waals surface area (Å²) in [5.41, 5.74) is 0.705. The molecule has 0 bridgehead atoms. The van der Waals surface area contributed by atoms with Gasteiger partial charge in [0.2, 0.25) is 5.91 Å². The summed E-state index contributed by atoms with van der Waals surface area (Å²) < 4.78 is 6.17. The highest BCUT2D eigenvalue weighted by Gasteiger charge is 2.03. The fourth-order valence-corrected chi connectivity index (χ4v) is 2.13. The SMILES string of the molecule is CCCOc1ccc(/C=C/C(=O)Nc2cc(Br)c[nH]c2=O)cc1. The van der Waals surface area contributed by atoms with Crippen LogP contribution in [0.25, 0.3) is 6.08 Å². The molecule has 2 aromatic rings. The fraction of sp³-hybridized carbons (Fsp3) is 0.176. The predicted octanol–water partition coefficient (Wildman–Crippen LogP) is 3.58. The molecule has 0 aliphatic carbocycles. The molecule has 6 heteroatoms. The number of carbonyl (C=O) groups is 1. The number of hydrogen-bond acceptors (Lipinski definition) is 3. The van der Waals surface area contributed by atoms with Crippen LogP contribution >= 0.6 is 15.9 Å². The van der Waals surface area contributed by atoms with E-state index in [2.05, 4.69) is 26.2 Å². The molecule has 1 amide bonds.